The average molecular weight is 473 g/mol. The second-order valence-electron chi connectivity index (χ2n) is 9.84. The van der Waals surface area contributed by atoms with E-state index in [9.17, 15) is 26.8 Å². The highest BCUT2D eigenvalue weighted by Crippen LogP contribution is 2.65. The summed E-state index contributed by atoms with van der Waals surface area (Å²) in [6, 6.07) is 8.57. The topological polar surface area (TPSA) is 107 Å². The number of rotatable bonds is 7. The number of alkyl halides is 2. The summed E-state index contributed by atoms with van der Waals surface area (Å²) >= 11 is 0. The van der Waals surface area contributed by atoms with Crippen LogP contribution in [0.1, 0.15) is 49.7 Å². The van der Waals surface area contributed by atoms with Crippen molar-refractivity contribution >= 4 is 22.1 Å². The standard InChI is InChI=1S/C22H26F2O7S/c1-14-2-4-17(5-3-14)21-9-15-6-16(10-21)8-20(7-15,12-21)13-31-18(25)11-30-19(26)22(23,24)32(27,28)29/h2-5,15-16H,6-13H2,1H3,(H,27,28,29). The highest BCUT2D eigenvalue weighted by atomic mass is 32.2. The Morgan fingerprint density at radius 3 is 2.25 bits per heavy atom. The number of hydrogen-bond acceptors (Lipinski definition) is 6. The van der Waals surface area contributed by atoms with E-state index in [-0.39, 0.29) is 17.4 Å². The molecule has 4 fully saturated rings. The van der Waals surface area contributed by atoms with Crippen molar-refractivity contribution in [3.05, 3.63) is 35.4 Å². The van der Waals surface area contributed by atoms with Crippen LogP contribution in [0.3, 0.4) is 0 Å². The number of halogens is 2. The Hall–Kier alpha value is -2.07. The zero-order valence-corrected chi connectivity index (χ0v) is 18.5. The van der Waals surface area contributed by atoms with E-state index in [4.69, 9.17) is 9.29 Å². The molecule has 1 N–H and O–H groups in total. The molecule has 4 bridgehead atoms. The number of ether oxygens (including phenoxy) is 2. The van der Waals surface area contributed by atoms with Crippen LogP contribution in [0, 0.1) is 24.2 Å². The summed E-state index contributed by atoms with van der Waals surface area (Å²) in [4.78, 5) is 23.3. The van der Waals surface area contributed by atoms with E-state index in [0.29, 0.717) is 11.8 Å². The van der Waals surface area contributed by atoms with Crippen LogP contribution in [0.25, 0.3) is 0 Å². The average Bonchev–Trinajstić information content (AvgIpc) is 2.69. The van der Waals surface area contributed by atoms with Gasteiger partial charge >= 0.3 is 27.3 Å². The third kappa shape index (κ3) is 4.14. The molecule has 0 amide bonds. The molecule has 32 heavy (non-hydrogen) atoms. The molecule has 0 radical (unpaired) electrons. The van der Waals surface area contributed by atoms with Crippen molar-refractivity contribution in [3.8, 4) is 0 Å². The van der Waals surface area contributed by atoms with Crippen molar-refractivity contribution < 1.29 is 40.8 Å². The van der Waals surface area contributed by atoms with Crippen molar-refractivity contribution in [2.24, 2.45) is 17.3 Å². The lowest BCUT2D eigenvalue weighted by molar-refractivity contribution is -0.174. The molecular weight excluding hydrogens is 446 g/mol. The summed E-state index contributed by atoms with van der Waals surface area (Å²) in [5, 5.41) is -5.15. The Bertz CT molecular complexity index is 1010. The van der Waals surface area contributed by atoms with E-state index in [0.717, 1.165) is 38.5 Å². The fourth-order valence-corrected chi connectivity index (χ4v) is 6.72. The van der Waals surface area contributed by atoms with E-state index in [1.54, 1.807) is 0 Å². The van der Waals surface area contributed by atoms with E-state index < -0.39 is 33.9 Å². The summed E-state index contributed by atoms with van der Waals surface area (Å²) in [5.41, 5.74) is 2.31. The minimum atomic E-state index is -5.99. The van der Waals surface area contributed by atoms with Crippen LogP contribution in [-0.4, -0.2) is 43.4 Å². The molecule has 1 aromatic carbocycles. The lowest BCUT2D eigenvalue weighted by atomic mass is 9.43. The van der Waals surface area contributed by atoms with Crippen LogP contribution < -0.4 is 0 Å². The first-order valence-corrected chi connectivity index (χ1v) is 12.0. The molecule has 5 rings (SSSR count). The van der Waals surface area contributed by atoms with Crippen LogP contribution >= 0.6 is 0 Å². The van der Waals surface area contributed by atoms with Gasteiger partial charge < -0.3 is 9.47 Å². The summed E-state index contributed by atoms with van der Waals surface area (Å²) in [6.45, 7) is 0.984. The van der Waals surface area contributed by atoms with Gasteiger partial charge in [0.1, 0.15) is 0 Å². The highest BCUT2D eigenvalue weighted by Gasteiger charge is 2.58. The van der Waals surface area contributed by atoms with Gasteiger partial charge in [-0.15, -0.1) is 0 Å². The molecule has 0 aromatic heterocycles. The lowest BCUT2D eigenvalue weighted by Gasteiger charge is -2.62. The molecule has 176 valence electrons. The maximum Gasteiger partial charge on any atom is 0.465 e. The van der Waals surface area contributed by atoms with Crippen LogP contribution in [0.2, 0.25) is 0 Å². The summed E-state index contributed by atoms with van der Waals surface area (Å²) in [7, 11) is -5.99. The Kier molecular flexibility index (Phi) is 5.60. The summed E-state index contributed by atoms with van der Waals surface area (Å²) in [5.74, 6) is -2.50. The van der Waals surface area contributed by atoms with Crippen molar-refractivity contribution in [1.29, 1.82) is 0 Å². The minimum absolute atomic E-state index is 0.0359. The Morgan fingerprint density at radius 1 is 1.09 bits per heavy atom. The van der Waals surface area contributed by atoms with Gasteiger partial charge in [-0.3, -0.25) is 4.55 Å². The molecule has 4 aliphatic rings. The monoisotopic (exact) mass is 472 g/mol. The Balaban J connectivity index is 1.40. The molecule has 0 heterocycles. The predicted octanol–water partition coefficient (Wildman–Crippen LogP) is 3.40. The molecular formula is C22H26F2O7S. The Labute approximate surface area is 185 Å². The first-order valence-electron chi connectivity index (χ1n) is 10.6. The molecule has 2 unspecified atom stereocenters. The van der Waals surface area contributed by atoms with Crippen LogP contribution in [0.5, 0.6) is 0 Å². The molecule has 0 spiro atoms. The number of hydrogen-bond donors (Lipinski definition) is 1. The number of carbonyl (C=O) groups excluding carboxylic acids is 2. The van der Waals surface area contributed by atoms with Crippen molar-refractivity contribution in [3.63, 3.8) is 0 Å². The minimum Gasteiger partial charge on any atom is -0.463 e. The van der Waals surface area contributed by atoms with Gasteiger partial charge in [0.2, 0.25) is 0 Å². The van der Waals surface area contributed by atoms with E-state index in [2.05, 4.69) is 29.0 Å². The molecule has 7 nitrogen and oxygen atoms in total. The third-order valence-electron chi connectivity index (χ3n) is 7.27. The normalized spacial score (nSPS) is 31.4. The van der Waals surface area contributed by atoms with Crippen LogP contribution in [0.4, 0.5) is 8.78 Å². The Morgan fingerprint density at radius 2 is 1.69 bits per heavy atom. The van der Waals surface area contributed by atoms with Gasteiger partial charge in [-0.05, 0) is 68.3 Å². The van der Waals surface area contributed by atoms with Gasteiger partial charge in [0.05, 0.1) is 6.61 Å². The number of benzene rings is 1. The molecule has 2 atom stereocenters. The fraction of sp³-hybridized carbons (Fsp3) is 0.636. The number of aryl methyl sites for hydroxylation is 1. The second-order valence-corrected chi connectivity index (χ2v) is 11.3. The lowest BCUT2D eigenvalue weighted by Crippen LogP contribution is -2.55. The van der Waals surface area contributed by atoms with Gasteiger partial charge in [0.25, 0.3) is 0 Å². The van der Waals surface area contributed by atoms with Crippen LogP contribution in [0.15, 0.2) is 24.3 Å². The quantitative estimate of drug-likeness (QED) is 0.479. The zero-order chi connectivity index (χ0) is 23.4. The first-order chi connectivity index (χ1) is 14.8. The molecule has 4 saturated carbocycles. The van der Waals surface area contributed by atoms with Gasteiger partial charge in [-0.2, -0.15) is 17.2 Å². The van der Waals surface area contributed by atoms with Crippen molar-refractivity contribution in [1.82, 2.24) is 0 Å². The van der Waals surface area contributed by atoms with E-state index in [1.807, 2.05) is 6.92 Å². The smallest absolute Gasteiger partial charge is 0.463 e. The highest BCUT2D eigenvalue weighted by molar-refractivity contribution is 7.87. The summed E-state index contributed by atoms with van der Waals surface area (Å²) in [6.07, 6.45) is 6.07. The van der Waals surface area contributed by atoms with Gasteiger partial charge in [0, 0.05) is 5.41 Å². The van der Waals surface area contributed by atoms with Crippen molar-refractivity contribution in [2.75, 3.05) is 13.2 Å². The maximum atomic E-state index is 13.2. The fourth-order valence-electron chi connectivity index (χ4n) is 6.45. The van der Waals surface area contributed by atoms with E-state index >= 15 is 0 Å². The van der Waals surface area contributed by atoms with Gasteiger partial charge in [0.15, 0.2) is 6.61 Å². The van der Waals surface area contributed by atoms with E-state index in [1.165, 1.54) is 11.1 Å². The molecule has 4 aliphatic carbocycles. The molecule has 1 aromatic rings. The SMILES string of the molecule is Cc1ccc(C23CC4CC(CC(COC(=O)COC(=O)C(F)(F)S(=O)(=O)O)(C4)C2)C3)cc1. The molecule has 10 heteroatoms. The van der Waals surface area contributed by atoms with Crippen molar-refractivity contribution in [2.45, 2.75) is 56.1 Å². The second kappa shape index (κ2) is 7.76. The first kappa shape index (κ1) is 23.1. The number of esters is 2. The van der Waals surface area contributed by atoms with Gasteiger partial charge in [-0.1, -0.05) is 29.8 Å². The molecule has 0 saturated heterocycles. The zero-order valence-electron chi connectivity index (χ0n) is 17.7. The van der Waals surface area contributed by atoms with Gasteiger partial charge in [-0.25, -0.2) is 9.59 Å². The maximum absolute atomic E-state index is 13.2. The molecule has 0 aliphatic heterocycles. The third-order valence-corrected chi connectivity index (χ3v) is 8.08. The van der Waals surface area contributed by atoms with Crippen LogP contribution in [-0.2, 0) is 34.6 Å². The predicted molar refractivity (Wildman–Crippen MR) is 108 cm³/mol. The largest absolute Gasteiger partial charge is 0.465 e. The summed E-state index contributed by atoms with van der Waals surface area (Å²) < 4.78 is 65.4. The number of carbonyl (C=O) groups is 2.